The lowest BCUT2D eigenvalue weighted by molar-refractivity contribution is -0.347. The van der Waals surface area contributed by atoms with Crippen molar-refractivity contribution in [3.8, 4) is 0 Å². The number of hydrogen-bond acceptors (Lipinski definition) is 16. The SMILES string of the molecule is COC(=O)CO[C@H]1[C@@H](OC(=O)CCl)[C@@H](COC(=O)CCl)O[C@@H](O[C@H]2[C@@H](O)[C@@H](CO)O[C@H](OC)[C@@H]2NC(C)=O)[C@@H]1OC(=O)CCl. The maximum absolute atomic E-state index is 12.4. The highest BCUT2D eigenvalue weighted by Gasteiger charge is 2.55. The molecule has 0 bridgehead atoms. The number of amides is 1. The molecule has 2 rings (SSSR count). The largest absolute Gasteiger partial charge is 0.467 e. The Bertz CT molecular complexity index is 991. The van der Waals surface area contributed by atoms with Crippen molar-refractivity contribution in [1.29, 1.82) is 0 Å². The van der Waals surface area contributed by atoms with E-state index in [2.05, 4.69) is 10.1 Å². The number of aliphatic hydroxyl groups excluding tert-OH is 2. The first-order chi connectivity index (χ1) is 20.9. The Morgan fingerprint density at radius 2 is 1.39 bits per heavy atom. The van der Waals surface area contributed by atoms with E-state index in [1.54, 1.807) is 0 Å². The average Bonchev–Trinajstić information content (AvgIpc) is 3.01. The summed E-state index contributed by atoms with van der Waals surface area (Å²) in [5.74, 6) is -6.27. The van der Waals surface area contributed by atoms with E-state index >= 15 is 0 Å². The summed E-state index contributed by atoms with van der Waals surface area (Å²) in [6.07, 6.45) is -13.8. The second-order valence-corrected chi connectivity index (χ2v) is 9.97. The van der Waals surface area contributed by atoms with Gasteiger partial charge >= 0.3 is 23.9 Å². The van der Waals surface area contributed by atoms with Crippen LogP contribution < -0.4 is 5.32 Å². The van der Waals surface area contributed by atoms with Crippen molar-refractivity contribution in [1.82, 2.24) is 5.32 Å². The van der Waals surface area contributed by atoms with E-state index < -0.39 is 129 Å². The van der Waals surface area contributed by atoms with Gasteiger partial charge in [-0.05, 0) is 0 Å². The van der Waals surface area contributed by atoms with Crippen LogP contribution >= 0.6 is 34.8 Å². The van der Waals surface area contributed by atoms with E-state index in [4.69, 9.17) is 72.7 Å². The summed E-state index contributed by atoms with van der Waals surface area (Å²) in [5.41, 5.74) is 0. The number of rotatable bonds is 15. The fourth-order valence-electron chi connectivity index (χ4n) is 4.36. The first-order valence-electron chi connectivity index (χ1n) is 12.9. The lowest BCUT2D eigenvalue weighted by Crippen LogP contribution is -2.68. The lowest BCUT2D eigenvalue weighted by Gasteiger charge is -2.48. The molecule has 0 radical (unpaired) electrons. The number of carbonyl (C=O) groups is 5. The Labute approximate surface area is 266 Å². The molecule has 0 unspecified atom stereocenters. The minimum Gasteiger partial charge on any atom is -0.467 e. The van der Waals surface area contributed by atoms with Gasteiger partial charge in [0.05, 0.1) is 13.7 Å². The standard InChI is InChI=1S/C24H34Cl3NO16/c1-10(30)28-17-20(18(35)11(7-29)40-23(17)37-3)44-24-22(43-15(33)6-27)21(39-9-16(34)36-2)19(42-14(32)5-26)12(41-24)8-38-13(31)4-25/h11-12,17-24,29,35H,4-9H2,1-3H3,(H,28,30)/t11-,12-,17-,18+,19+,20-,21+,22-,23+,24+/m1/s1. The van der Waals surface area contributed by atoms with Gasteiger partial charge in [0, 0.05) is 14.0 Å². The van der Waals surface area contributed by atoms with Crippen molar-refractivity contribution in [2.45, 2.75) is 68.3 Å². The molecular weight excluding hydrogens is 665 g/mol. The van der Waals surface area contributed by atoms with Crippen molar-refractivity contribution < 1.29 is 76.8 Å². The molecule has 20 heteroatoms. The Morgan fingerprint density at radius 1 is 0.795 bits per heavy atom. The van der Waals surface area contributed by atoms with E-state index in [-0.39, 0.29) is 0 Å². The minimum atomic E-state index is -1.78. The molecule has 2 aliphatic rings. The normalized spacial score (nSPS) is 31.8. The molecule has 0 aromatic carbocycles. The van der Waals surface area contributed by atoms with E-state index in [0.717, 1.165) is 7.11 Å². The monoisotopic (exact) mass is 697 g/mol. The topological polar surface area (TPSA) is 221 Å². The van der Waals surface area contributed by atoms with Crippen molar-refractivity contribution in [3.63, 3.8) is 0 Å². The van der Waals surface area contributed by atoms with Gasteiger partial charge in [0.1, 0.15) is 67.4 Å². The summed E-state index contributed by atoms with van der Waals surface area (Å²) in [6, 6.07) is -1.24. The number of aliphatic hydroxyl groups is 2. The molecule has 2 aliphatic heterocycles. The van der Waals surface area contributed by atoms with Gasteiger partial charge in [-0.15, -0.1) is 34.8 Å². The van der Waals surface area contributed by atoms with Gasteiger partial charge in [0.2, 0.25) is 5.91 Å². The number of ether oxygens (including phenoxy) is 9. The highest BCUT2D eigenvalue weighted by atomic mass is 35.5. The number of esters is 4. The molecule has 44 heavy (non-hydrogen) atoms. The number of hydrogen-bond donors (Lipinski definition) is 3. The molecule has 252 valence electrons. The summed E-state index contributed by atoms with van der Waals surface area (Å²) in [6.45, 7) is -0.934. The van der Waals surface area contributed by atoms with Gasteiger partial charge in [-0.2, -0.15) is 0 Å². The molecular formula is C24H34Cl3NO16. The van der Waals surface area contributed by atoms with Crippen LogP contribution in [-0.4, -0.2) is 153 Å². The summed E-state index contributed by atoms with van der Waals surface area (Å²) >= 11 is 16.8. The molecule has 2 heterocycles. The Morgan fingerprint density at radius 3 is 1.91 bits per heavy atom. The van der Waals surface area contributed by atoms with Crippen LogP contribution in [-0.2, 0) is 66.6 Å². The molecule has 3 N–H and O–H groups in total. The third kappa shape index (κ3) is 10.5. The van der Waals surface area contributed by atoms with Crippen LogP contribution in [0, 0.1) is 0 Å². The molecule has 0 aliphatic carbocycles. The predicted octanol–water partition coefficient (Wildman–Crippen LogP) is -2.03. The molecule has 17 nitrogen and oxygen atoms in total. The van der Waals surface area contributed by atoms with Gasteiger partial charge in [-0.1, -0.05) is 0 Å². The van der Waals surface area contributed by atoms with Crippen molar-refractivity contribution in [2.75, 3.05) is 51.7 Å². The zero-order chi connectivity index (χ0) is 33.0. The van der Waals surface area contributed by atoms with Crippen LogP contribution in [0.25, 0.3) is 0 Å². The number of methoxy groups -OCH3 is 2. The van der Waals surface area contributed by atoms with Crippen LogP contribution in [0.1, 0.15) is 6.92 Å². The molecule has 0 saturated carbocycles. The predicted molar refractivity (Wildman–Crippen MR) is 145 cm³/mol. The summed E-state index contributed by atoms with van der Waals surface area (Å²) in [7, 11) is 2.31. The van der Waals surface area contributed by atoms with E-state index in [1.165, 1.54) is 14.0 Å². The Hall–Kier alpha value is -2.06. The van der Waals surface area contributed by atoms with Crippen LogP contribution in [0.3, 0.4) is 0 Å². The summed E-state index contributed by atoms with van der Waals surface area (Å²) < 4.78 is 49.0. The van der Waals surface area contributed by atoms with Gasteiger partial charge in [0.25, 0.3) is 0 Å². The zero-order valence-corrected chi connectivity index (χ0v) is 26.0. The second kappa shape index (κ2) is 18.8. The number of halogens is 3. The molecule has 0 aromatic heterocycles. The second-order valence-electron chi connectivity index (χ2n) is 9.17. The Balaban J connectivity index is 2.63. The highest BCUT2D eigenvalue weighted by molar-refractivity contribution is 6.27. The first kappa shape index (κ1) is 38.1. The molecule has 0 spiro atoms. The molecule has 2 saturated heterocycles. The first-order valence-corrected chi connectivity index (χ1v) is 14.5. The van der Waals surface area contributed by atoms with Crippen molar-refractivity contribution >= 4 is 64.6 Å². The fraction of sp³-hybridized carbons (Fsp3) is 0.792. The lowest BCUT2D eigenvalue weighted by atomic mass is 9.95. The number of nitrogens with one attached hydrogen (secondary N) is 1. The van der Waals surface area contributed by atoms with Crippen LogP contribution in [0.15, 0.2) is 0 Å². The third-order valence-corrected chi connectivity index (χ3v) is 6.89. The van der Waals surface area contributed by atoms with Gasteiger partial charge in [-0.3, -0.25) is 19.2 Å². The highest BCUT2D eigenvalue weighted by Crippen LogP contribution is 2.33. The number of alkyl halides is 3. The van der Waals surface area contributed by atoms with Gasteiger partial charge in [-0.25, -0.2) is 4.79 Å². The van der Waals surface area contributed by atoms with Gasteiger partial charge in [0.15, 0.2) is 24.8 Å². The Kier molecular flexibility index (Phi) is 16.3. The summed E-state index contributed by atoms with van der Waals surface area (Å²) in [4.78, 5) is 60.7. The zero-order valence-electron chi connectivity index (χ0n) is 23.8. The van der Waals surface area contributed by atoms with Gasteiger partial charge < -0.3 is 58.2 Å². The summed E-state index contributed by atoms with van der Waals surface area (Å²) in [5, 5.41) is 23.4. The van der Waals surface area contributed by atoms with Crippen molar-refractivity contribution in [3.05, 3.63) is 0 Å². The van der Waals surface area contributed by atoms with Crippen molar-refractivity contribution in [2.24, 2.45) is 0 Å². The van der Waals surface area contributed by atoms with Crippen LogP contribution in [0.2, 0.25) is 0 Å². The maximum Gasteiger partial charge on any atom is 0.331 e. The van der Waals surface area contributed by atoms with E-state index in [9.17, 15) is 34.2 Å². The number of carbonyl (C=O) groups excluding carboxylic acids is 5. The molecule has 2 fully saturated rings. The quantitative estimate of drug-likeness (QED) is 0.0953. The fourth-order valence-corrected chi connectivity index (χ4v) is 4.56. The average molecular weight is 699 g/mol. The minimum absolute atomic E-state index is 0.551. The maximum atomic E-state index is 12.4. The smallest absolute Gasteiger partial charge is 0.331 e. The van der Waals surface area contributed by atoms with Crippen LogP contribution in [0.4, 0.5) is 0 Å². The van der Waals surface area contributed by atoms with E-state index in [0.29, 0.717) is 0 Å². The molecule has 10 atom stereocenters. The molecule has 1 amide bonds. The van der Waals surface area contributed by atoms with E-state index in [1.807, 2.05) is 0 Å². The third-order valence-electron chi connectivity index (χ3n) is 6.23. The molecule has 0 aromatic rings. The van der Waals surface area contributed by atoms with Crippen LogP contribution in [0.5, 0.6) is 0 Å².